The fourth-order valence-corrected chi connectivity index (χ4v) is 2.83. The van der Waals surface area contributed by atoms with Crippen LogP contribution in [0.3, 0.4) is 0 Å². The Balaban J connectivity index is 0.00000123. The summed E-state index contributed by atoms with van der Waals surface area (Å²) in [5.41, 5.74) is 0.357. The van der Waals surface area contributed by atoms with Crippen LogP contribution in [0, 0.1) is 12.3 Å². The van der Waals surface area contributed by atoms with Crippen molar-refractivity contribution in [1.82, 2.24) is 10.2 Å². The summed E-state index contributed by atoms with van der Waals surface area (Å²) >= 11 is 8.27. The summed E-state index contributed by atoms with van der Waals surface area (Å²) < 4.78 is 13.4. The molecule has 1 heterocycles. The molecular weight excluding hydrogens is 427 g/mol. The standard InChI is InChI=1S/C16H16BrFN2OS.C3H4.C2H6/c1-11(8-9-13(18)10-17)16(12-6-4-3-5-7-12)14(21)20(2)15(22)19-16;1-3-2;1-2/h3-9H,10H2,1-2H3,(H,19,22);1H,2H3;1-2H3/b11-8+,13-9+;;. The summed E-state index contributed by atoms with van der Waals surface area (Å²) in [6.45, 7) is 7.44. The molecule has 1 aliphatic heterocycles. The average molecular weight is 453 g/mol. The third-order valence-corrected chi connectivity index (χ3v) is 4.58. The zero-order chi connectivity index (χ0) is 21.0. The minimum Gasteiger partial charge on any atom is -0.341 e. The molecule has 0 radical (unpaired) electrons. The van der Waals surface area contributed by atoms with E-state index in [0.717, 1.165) is 5.56 Å². The minimum atomic E-state index is -1.09. The number of carbonyl (C=O) groups is 1. The van der Waals surface area contributed by atoms with E-state index in [9.17, 15) is 9.18 Å². The molecule has 0 spiro atoms. The zero-order valence-electron chi connectivity index (χ0n) is 16.3. The Bertz CT molecular complexity index is 740. The van der Waals surface area contributed by atoms with E-state index >= 15 is 0 Å². The Hall–Kier alpha value is -1.97. The highest BCUT2D eigenvalue weighted by Gasteiger charge is 2.50. The number of allylic oxidation sites excluding steroid dienone is 3. The number of nitrogens with one attached hydrogen (secondary N) is 1. The topological polar surface area (TPSA) is 32.3 Å². The molecule has 1 amide bonds. The van der Waals surface area contributed by atoms with E-state index in [1.807, 2.05) is 44.2 Å². The largest absolute Gasteiger partial charge is 0.341 e. The molecule has 0 aliphatic carbocycles. The van der Waals surface area contributed by atoms with Gasteiger partial charge in [-0.2, -0.15) is 0 Å². The molecular formula is C21H26BrFN2OS. The van der Waals surface area contributed by atoms with Crippen molar-refractivity contribution in [3.05, 3.63) is 59.4 Å². The van der Waals surface area contributed by atoms with E-state index in [-0.39, 0.29) is 17.1 Å². The summed E-state index contributed by atoms with van der Waals surface area (Å²) in [6, 6.07) is 9.30. The first-order valence-electron chi connectivity index (χ1n) is 8.47. The first kappa shape index (κ1) is 25.0. The Morgan fingerprint density at radius 1 is 1.37 bits per heavy atom. The fraction of sp³-hybridized carbons (Fsp3) is 0.333. The molecule has 1 aromatic rings. The number of rotatable bonds is 4. The maximum absolute atomic E-state index is 13.4. The van der Waals surface area contributed by atoms with Crippen molar-refractivity contribution < 1.29 is 9.18 Å². The highest BCUT2D eigenvalue weighted by molar-refractivity contribution is 9.09. The van der Waals surface area contributed by atoms with Crippen molar-refractivity contribution in [3.8, 4) is 12.3 Å². The lowest BCUT2D eigenvalue weighted by Gasteiger charge is -2.28. The molecule has 1 aliphatic rings. The number of halogens is 2. The van der Waals surface area contributed by atoms with Crippen LogP contribution in [0.1, 0.15) is 33.3 Å². The number of nitrogens with zero attached hydrogens (tertiary/aromatic N) is 1. The zero-order valence-corrected chi connectivity index (χ0v) is 18.7. The average Bonchev–Trinajstić information content (AvgIpc) is 2.93. The Labute approximate surface area is 175 Å². The van der Waals surface area contributed by atoms with Gasteiger partial charge in [0.1, 0.15) is 5.83 Å². The van der Waals surface area contributed by atoms with Crippen LogP contribution in [-0.4, -0.2) is 28.3 Å². The van der Waals surface area contributed by atoms with Crippen LogP contribution in [0.15, 0.2) is 53.9 Å². The van der Waals surface area contributed by atoms with Crippen molar-refractivity contribution in [2.75, 3.05) is 12.4 Å². The van der Waals surface area contributed by atoms with E-state index in [0.29, 0.717) is 10.7 Å². The second-order valence-corrected chi connectivity index (χ2v) is 6.24. The van der Waals surface area contributed by atoms with Gasteiger partial charge in [-0.1, -0.05) is 66.2 Å². The van der Waals surface area contributed by atoms with Gasteiger partial charge in [0.2, 0.25) is 0 Å². The summed E-state index contributed by atoms with van der Waals surface area (Å²) in [5.74, 6) is 1.76. The SMILES string of the molecule is C#CC.C/C(=C\C=C(\F)CBr)C1(c2ccccc2)NC(=S)N(C)C1=O.CC. The third kappa shape index (κ3) is 6.02. The lowest BCUT2D eigenvalue weighted by molar-refractivity contribution is -0.129. The molecule has 1 unspecified atom stereocenters. The van der Waals surface area contributed by atoms with Crippen LogP contribution in [0.2, 0.25) is 0 Å². The van der Waals surface area contributed by atoms with Crippen LogP contribution in [0.4, 0.5) is 4.39 Å². The van der Waals surface area contributed by atoms with Crippen molar-refractivity contribution >= 4 is 39.2 Å². The van der Waals surface area contributed by atoms with E-state index in [1.54, 1.807) is 27.0 Å². The summed E-state index contributed by atoms with van der Waals surface area (Å²) in [4.78, 5) is 14.2. The van der Waals surface area contributed by atoms with Gasteiger partial charge in [0.25, 0.3) is 5.91 Å². The van der Waals surface area contributed by atoms with Gasteiger partial charge in [-0.15, -0.1) is 12.3 Å². The van der Waals surface area contributed by atoms with Gasteiger partial charge in [-0.05, 0) is 43.3 Å². The molecule has 1 atom stereocenters. The van der Waals surface area contributed by atoms with Gasteiger partial charge in [0.05, 0.1) is 5.33 Å². The highest BCUT2D eigenvalue weighted by Crippen LogP contribution is 2.35. The van der Waals surface area contributed by atoms with Crippen LogP contribution in [-0.2, 0) is 10.3 Å². The molecule has 0 bridgehead atoms. The molecule has 3 nitrogen and oxygen atoms in total. The number of benzene rings is 1. The summed E-state index contributed by atoms with van der Waals surface area (Å²) in [7, 11) is 1.63. The summed E-state index contributed by atoms with van der Waals surface area (Å²) in [6.07, 6.45) is 7.56. The molecule has 146 valence electrons. The number of thiocarbonyl (C=S) groups is 1. The first-order chi connectivity index (χ1) is 12.8. The molecule has 27 heavy (non-hydrogen) atoms. The number of carbonyl (C=O) groups excluding carboxylic acids is 1. The molecule has 6 heteroatoms. The molecule has 1 N–H and O–H groups in total. The number of hydrogen-bond acceptors (Lipinski definition) is 2. The Morgan fingerprint density at radius 3 is 2.30 bits per heavy atom. The molecule has 1 saturated heterocycles. The normalized spacial score (nSPS) is 19.3. The highest BCUT2D eigenvalue weighted by atomic mass is 79.9. The second kappa shape index (κ2) is 12.4. The monoisotopic (exact) mass is 452 g/mol. The van der Waals surface area contributed by atoms with Crippen molar-refractivity contribution in [2.45, 2.75) is 33.2 Å². The van der Waals surface area contributed by atoms with Crippen molar-refractivity contribution in [1.29, 1.82) is 0 Å². The molecule has 2 rings (SSSR count). The number of likely N-dealkylation sites (N-methyl/N-ethyl adjacent to an activating group) is 1. The van der Waals surface area contributed by atoms with Crippen LogP contribution >= 0.6 is 28.1 Å². The predicted molar refractivity (Wildman–Crippen MR) is 119 cm³/mol. The van der Waals surface area contributed by atoms with E-state index in [2.05, 4.69) is 33.6 Å². The van der Waals surface area contributed by atoms with Crippen molar-refractivity contribution in [2.24, 2.45) is 0 Å². The lowest BCUT2D eigenvalue weighted by Crippen LogP contribution is -2.45. The van der Waals surface area contributed by atoms with Gasteiger partial charge in [0.15, 0.2) is 10.7 Å². The number of hydrogen-bond donors (Lipinski definition) is 1. The van der Waals surface area contributed by atoms with Crippen LogP contribution < -0.4 is 5.32 Å². The number of terminal acetylenes is 1. The number of amides is 1. The van der Waals surface area contributed by atoms with Gasteiger partial charge in [-0.25, -0.2) is 4.39 Å². The minimum absolute atomic E-state index is 0.134. The van der Waals surface area contributed by atoms with Gasteiger partial charge in [0, 0.05) is 7.05 Å². The lowest BCUT2D eigenvalue weighted by atomic mass is 9.83. The van der Waals surface area contributed by atoms with Gasteiger partial charge >= 0.3 is 0 Å². The summed E-state index contributed by atoms with van der Waals surface area (Å²) in [5, 5.41) is 3.59. The number of alkyl halides is 1. The maximum atomic E-state index is 13.4. The Kier molecular flexibility index (Phi) is 11.5. The molecule has 1 aromatic carbocycles. The van der Waals surface area contributed by atoms with Gasteiger partial charge < -0.3 is 5.32 Å². The first-order valence-corrected chi connectivity index (χ1v) is 10.0. The predicted octanol–water partition coefficient (Wildman–Crippen LogP) is 5.09. The van der Waals surface area contributed by atoms with Crippen LogP contribution in [0.25, 0.3) is 0 Å². The fourth-order valence-electron chi connectivity index (χ4n) is 2.41. The molecule has 0 aromatic heterocycles. The van der Waals surface area contributed by atoms with E-state index < -0.39 is 5.54 Å². The molecule has 1 fully saturated rings. The van der Waals surface area contributed by atoms with Crippen LogP contribution in [0.5, 0.6) is 0 Å². The van der Waals surface area contributed by atoms with Crippen molar-refractivity contribution in [3.63, 3.8) is 0 Å². The van der Waals surface area contributed by atoms with Gasteiger partial charge in [-0.3, -0.25) is 9.69 Å². The quantitative estimate of drug-likeness (QED) is 0.298. The Morgan fingerprint density at radius 2 is 1.89 bits per heavy atom. The molecule has 0 saturated carbocycles. The third-order valence-electron chi connectivity index (χ3n) is 3.66. The van der Waals surface area contributed by atoms with E-state index in [1.165, 1.54) is 11.0 Å². The second-order valence-electron chi connectivity index (χ2n) is 5.30. The smallest absolute Gasteiger partial charge is 0.263 e. The maximum Gasteiger partial charge on any atom is 0.263 e. The van der Waals surface area contributed by atoms with E-state index in [4.69, 9.17) is 12.2 Å².